The van der Waals surface area contributed by atoms with Gasteiger partial charge in [-0.1, -0.05) is 5.16 Å². The second-order valence-corrected chi connectivity index (χ2v) is 7.24. The Kier molecular flexibility index (Phi) is 4.62. The normalized spacial score (nSPS) is 20.4. The van der Waals surface area contributed by atoms with Gasteiger partial charge in [0, 0.05) is 43.5 Å². The summed E-state index contributed by atoms with van der Waals surface area (Å²) >= 11 is 1.56. The lowest BCUT2D eigenvalue weighted by Gasteiger charge is -2.30. The van der Waals surface area contributed by atoms with E-state index in [0.717, 1.165) is 69.3 Å². The molecule has 2 aromatic heterocycles. The number of aromatic nitrogens is 2. The van der Waals surface area contributed by atoms with Crippen LogP contribution >= 0.6 is 11.3 Å². The Labute approximate surface area is 144 Å². The Morgan fingerprint density at radius 3 is 2.67 bits per heavy atom. The van der Waals surface area contributed by atoms with Crippen LogP contribution in [0.5, 0.6) is 0 Å². The summed E-state index contributed by atoms with van der Waals surface area (Å²) in [5.41, 5.74) is 0.790. The number of rotatable bonds is 3. The molecule has 2 fully saturated rings. The third-order valence-corrected chi connectivity index (χ3v) is 5.63. The number of nitrogens with zero attached hydrogens (tertiary/aromatic N) is 3. The van der Waals surface area contributed by atoms with Crippen LogP contribution in [0.2, 0.25) is 0 Å². The summed E-state index contributed by atoms with van der Waals surface area (Å²) in [6, 6.07) is 1.89. The first-order valence-electron chi connectivity index (χ1n) is 8.54. The molecule has 0 atom stereocenters. The highest BCUT2D eigenvalue weighted by molar-refractivity contribution is 7.08. The summed E-state index contributed by atoms with van der Waals surface area (Å²) in [7, 11) is 0. The van der Waals surface area contributed by atoms with Crippen LogP contribution in [0.25, 0.3) is 0 Å². The lowest BCUT2D eigenvalue weighted by molar-refractivity contribution is 0.0705. The summed E-state index contributed by atoms with van der Waals surface area (Å²) in [5, 5.41) is 8.04. The molecule has 6 nitrogen and oxygen atoms in total. The maximum Gasteiger partial charge on any atom is 0.254 e. The average Bonchev–Trinajstić information content (AvgIpc) is 3.34. The molecule has 1 amide bonds. The van der Waals surface area contributed by atoms with Gasteiger partial charge in [-0.3, -0.25) is 4.79 Å². The van der Waals surface area contributed by atoms with Crippen LogP contribution in [0.15, 0.2) is 21.3 Å². The van der Waals surface area contributed by atoms with E-state index in [9.17, 15) is 4.79 Å². The van der Waals surface area contributed by atoms with Crippen LogP contribution in [0.4, 0.5) is 0 Å². The van der Waals surface area contributed by atoms with E-state index in [0.29, 0.717) is 5.92 Å². The zero-order valence-corrected chi connectivity index (χ0v) is 14.3. The maximum atomic E-state index is 12.4. The van der Waals surface area contributed by atoms with E-state index in [-0.39, 0.29) is 11.8 Å². The van der Waals surface area contributed by atoms with Crippen LogP contribution in [0, 0.1) is 0 Å². The van der Waals surface area contributed by atoms with Gasteiger partial charge >= 0.3 is 0 Å². The minimum atomic E-state index is 0.128. The molecule has 4 rings (SSSR count). The molecule has 0 aromatic carbocycles. The Balaban J connectivity index is 1.36. The third-order valence-electron chi connectivity index (χ3n) is 4.94. The minimum absolute atomic E-state index is 0.128. The largest absolute Gasteiger partial charge is 0.381 e. The van der Waals surface area contributed by atoms with Crippen molar-refractivity contribution in [3.05, 3.63) is 34.1 Å². The molecule has 2 aromatic rings. The molecule has 7 heteroatoms. The highest BCUT2D eigenvalue weighted by Gasteiger charge is 2.29. The molecular weight excluding hydrogens is 326 g/mol. The third kappa shape index (κ3) is 3.23. The fraction of sp³-hybridized carbons (Fsp3) is 0.588. The molecule has 24 heavy (non-hydrogen) atoms. The van der Waals surface area contributed by atoms with Crippen molar-refractivity contribution in [3.63, 3.8) is 0 Å². The van der Waals surface area contributed by atoms with E-state index in [1.54, 1.807) is 11.3 Å². The second kappa shape index (κ2) is 7.03. The van der Waals surface area contributed by atoms with Crippen molar-refractivity contribution in [1.82, 2.24) is 15.0 Å². The molecule has 0 unspecified atom stereocenters. The molecule has 2 aliphatic rings. The number of likely N-dealkylation sites (tertiary alicyclic amines) is 1. The number of hydrogen-bond donors (Lipinski definition) is 0. The van der Waals surface area contributed by atoms with Gasteiger partial charge < -0.3 is 14.2 Å². The van der Waals surface area contributed by atoms with Gasteiger partial charge in [-0.2, -0.15) is 16.3 Å². The molecule has 0 saturated carbocycles. The Morgan fingerprint density at radius 2 is 1.96 bits per heavy atom. The van der Waals surface area contributed by atoms with Crippen molar-refractivity contribution in [2.24, 2.45) is 0 Å². The van der Waals surface area contributed by atoms with Gasteiger partial charge in [-0.15, -0.1) is 0 Å². The molecular formula is C17H21N3O3S. The van der Waals surface area contributed by atoms with Crippen molar-refractivity contribution in [3.8, 4) is 0 Å². The predicted molar refractivity (Wildman–Crippen MR) is 89.3 cm³/mol. The van der Waals surface area contributed by atoms with Crippen LogP contribution in [0.3, 0.4) is 0 Å². The molecule has 0 aliphatic carbocycles. The van der Waals surface area contributed by atoms with Crippen LogP contribution in [-0.2, 0) is 4.74 Å². The quantitative estimate of drug-likeness (QED) is 0.853. The van der Waals surface area contributed by atoms with Gasteiger partial charge in [0.1, 0.15) is 0 Å². The van der Waals surface area contributed by atoms with E-state index in [4.69, 9.17) is 9.26 Å². The van der Waals surface area contributed by atoms with Gasteiger partial charge in [0.2, 0.25) is 5.89 Å². The van der Waals surface area contributed by atoms with Gasteiger partial charge in [0.25, 0.3) is 5.91 Å². The number of ether oxygens (including phenoxy) is 1. The predicted octanol–water partition coefficient (Wildman–Crippen LogP) is 3.04. The van der Waals surface area contributed by atoms with Crippen LogP contribution < -0.4 is 0 Å². The van der Waals surface area contributed by atoms with E-state index in [1.807, 2.05) is 21.7 Å². The van der Waals surface area contributed by atoms with Gasteiger partial charge in [0.15, 0.2) is 5.82 Å². The first-order chi connectivity index (χ1) is 11.8. The summed E-state index contributed by atoms with van der Waals surface area (Å²) in [6.07, 6.45) is 3.69. The van der Waals surface area contributed by atoms with Crippen LogP contribution in [-0.4, -0.2) is 47.3 Å². The van der Waals surface area contributed by atoms with Crippen molar-refractivity contribution in [2.75, 3.05) is 26.3 Å². The Bertz CT molecular complexity index is 671. The van der Waals surface area contributed by atoms with Gasteiger partial charge in [-0.25, -0.2) is 0 Å². The van der Waals surface area contributed by atoms with Crippen molar-refractivity contribution >= 4 is 17.2 Å². The van der Waals surface area contributed by atoms with E-state index in [1.165, 1.54) is 0 Å². The smallest absolute Gasteiger partial charge is 0.254 e. The first-order valence-corrected chi connectivity index (χ1v) is 9.48. The average molecular weight is 347 g/mol. The molecule has 0 radical (unpaired) electrons. The standard InChI is InChI=1S/C17H21N3O3S/c21-17(14-5-10-24-11-14)20-6-1-13(2-7-20)16-18-15(19-23-16)12-3-8-22-9-4-12/h5,10-13H,1-4,6-9H2. The lowest BCUT2D eigenvalue weighted by Crippen LogP contribution is -2.37. The van der Waals surface area contributed by atoms with E-state index in [2.05, 4.69) is 10.1 Å². The van der Waals surface area contributed by atoms with E-state index >= 15 is 0 Å². The number of hydrogen-bond acceptors (Lipinski definition) is 6. The fourth-order valence-corrected chi connectivity index (χ4v) is 4.06. The van der Waals surface area contributed by atoms with Gasteiger partial charge in [-0.05, 0) is 37.1 Å². The highest BCUT2D eigenvalue weighted by Crippen LogP contribution is 2.30. The molecule has 2 aliphatic heterocycles. The minimum Gasteiger partial charge on any atom is -0.381 e. The Hall–Kier alpha value is -1.73. The summed E-state index contributed by atoms with van der Waals surface area (Å²) in [6.45, 7) is 3.04. The number of carbonyl (C=O) groups is 1. The zero-order valence-electron chi connectivity index (χ0n) is 13.5. The number of piperidine rings is 1. The van der Waals surface area contributed by atoms with Crippen LogP contribution in [0.1, 0.15) is 59.6 Å². The molecule has 2 saturated heterocycles. The number of carbonyl (C=O) groups excluding carboxylic acids is 1. The van der Waals surface area contributed by atoms with Crippen molar-refractivity contribution in [1.29, 1.82) is 0 Å². The van der Waals surface area contributed by atoms with E-state index < -0.39 is 0 Å². The number of thiophene rings is 1. The summed E-state index contributed by atoms with van der Waals surface area (Å²) in [4.78, 5) is 19.0. The molecule has 0 bridgehead atoms. The monoisotopic (exact) mass is 347 g/mol. The molecule has 4 heterocycles. The summed E-state index contributed by atoms with van der Waals surface area (Å²) < 4.78 is 10.9. The van der Waals surface area contributed by atoms with Crippen molar-refractivity contribution < 1.29 is 14.1 Å². The SMILES string of the molecule is O=C(c1ccsc1)N1CCC(c2nc(C3CCOCC3)no2)CC1. The fourth-order valence-electron chi connectivity index (χ4n) is 3.43. The second-order valence-electron chi connectivity index (χ2n) is 6.46. The zero-order chi connectivity index (χ0) is 16.4. The first kappa shape index (κ1) is 15.8. The van der Waals surface area contributed by atoms with Crippen molar-refractivity contribution in [2.45, 2.75) is 37.5 Å². The molecule has 0 N–H and O–H groups in total. The Morgan fingerprint density at radius 1 is 1.17 bits per heavy atom. The topological polar surface area (TPSA) is 68.5 Å². The lowest BCUT2D eigenvalue weighted by atomic mass is 9.96. The maximum absolute atomic E-state index is 12.4. The molecule has 128 valence electrons. The van der Waals surface area contributed by atoms with Gasteiger partial charge in [0.05, 0.1) is 5.56 Å². The number of amides is 1. The molecule has 0 spiro atoms. The summed E-state index contributed by atoms with van der Waals surface area (Å²) in [5.74, 6) is 2.31. The highest BCUT2D eigenvalue weighted by atomic mass is 32.1.